The molecule has 20 heavy (non-hydrogen) atoms. The van der Waals surface area contributed by atoms with E-state index in [1.807, 2.05) is 29.2 Å². The second-order valence-corrected chi connectivity index (χ2v) is 6.35. The second kappa shape index (κ2) is 5.94. The Morgan fingerprint density at radius 3 is 2.10 bits per heavy atom. The first kappa shape index (κ1) is 15.0. The van der Waals surface area contributed by atoms with Gasteiger partial charge in [-0.2, -0.15) is 0 Å². The Hall–Kier alpha value is -1.39. The predicted molar refractivity (Wildman–Crippen MR) is 81.6 cm³/mol. The molecular formula is C16H25N3O. The molecule has 1 fully saturated rings. The molecule has 2 rings (SSSR count). The Bertz CT molecular complexity index is 454. The molecule has 0 radical (unpaired) electrons. The van der Waals surface area contributed by atoms with Gasteiger partial charge in [0.05, 0.1) is 0 Å². The van der Waals surface area contributed by atoms with E-state index in [4.69, 9.17) is 5.73 Å². The van der Waals surface area contributed by atoms with Crippen LogP contribution in [0.5, 0.6) is 0 Å². The van der Waals surface area contributed by atoms with Crippen LogP contribution in [0.1, 0.15) is 36.7 Å². The molecule has 0 unspecified atom stereocenters. The molecule has 0 spiro atoms. The second-order valence-electron chi connectivity index (χ2n) is 6.35. The molecule has 0 bridgehead atoms. The number of piperazine rings is 1. The van der Waals surface area contributed by atoms with Gasteiger partial charge in [-0.3, -0.25) is 9.69 Å². The Morgan fingerprint density at radius 2 is 1.65 bits per heavy atom. The first-order chi connectivity index (χ1) is 9.41. The monoisotopic (exact) mass is 275 g/mol. The molecule has 0 atom stereocenters. The molecule has 4 heteroatoms. The molecule has 0 saturated carbocycles. The van der Waals surface area contributed by atoms with Gasteiger partial charge in [-0.25, -0.2) is 0 Å². The smallest absolute Gasteiger partial charge is 0.253 e. The third-order valence-electron chi connectivity index (χ3n) is 3.95. The summed E-state index contributed by atoms with van der Waals surface area (Å²) in [5.41, 5.74) is 7.56. The number of nitrogens with two attached hydrogens (primary N) is 1. The molecule has 1 aliphatic heterocycles. The molecule has 0 aromatic heterocycles. The van der Waals surface area contributed by atoms with Gasteiger partial charge in [-0.15, -0.1) is 0 Å². The zero-order chi connectivity index (χ0) is 14.8. The van der Waals surface area contributed by atoms with E-state index in [2.05, 4.69) is 25.7 Å². The summed E-state index contributed by atoms with van der Waals surface area (Å²) in [6, 6.07) is 7.61. The van der Waals surface area contributed by atoms with E-state index >= 15 is 0 Å². The molecule has 0 aliphatic carbocycles. The lowest BCUT2D eigenvalue weighted by Crippen LogP contribution is -2.54. The third-order valence-corrected chi connectivity index (χ3v) is 3.95. The van der Waals surface area contributed by atoms with Crippen LogP contribution in [0, 0.1) is 0 Å². The van der Waals surface area contributed by atoms with Gasteiger partial charge in [0.25, 0.3) is 5.91 Å². The van der Waals surface area contributed by atoms with Crippen molar-refractivity contribution >= 4 is 5.91 Å². The molecule has 1 aromatic carbocycles. The average molecular weight is 275 g/mol. The van der Waals surface area contributed by atoms with E-state index in [0.29, 0.717) is 6.54 Å². The maximum absolute atomic E-state index is 12.4. The van der Waals surface area contributed by atoms with Crippen molar-refractivity contribution in [3.8, 4) is 0 Å². The highest BCUT2D eigenvalue weighted by atomic mass is 16.2. The van der Waals surface area contributed by atoms with Crippen LogP contribution in [0.3, 0.4) is 0 Å². The fraction of sp³-hybridized carbons (Fsp3) is 0.562. The van der Waals surface area contributed by atoms with Crippen molar-refractivity contribution in [3.63, 3.8) is 0 Å². The fourth-order valence-corrected chi connectivity index (χ4v) is 2.55. The first-order valence-electron chi connectivity index (χ1n) is 7.25. The first-order valence-corrected chi connectivity index (χ1v) is 7.25. The number of amides is 1. The molecular weight excluding hydrogens is 250 g/mol. The highest BCUT2D eigenvalue weighted by Gasteiger charge is 2.28. The normalized spacial score (nSPS) is 17.3. The number of carbonyl (C=O) groups is 1. The number of rotatable bonds is 2. The summed E-state index contributed by atoms with van der Waals surface area (Å²) in [6.45, 7) is 10.6. The van der Waals surface area contributed by atoms with Crippen molar-refractivity contribution in [2.24, 2.45) is 5.73 Å². The average Bonchev–Trinajstić information content (AvgIpc) is 2.46. The van der Waals surface area contributed by atoms with E-state index in [1.54, 1.807) is 0 Å². The van der Waals surface area contributed by atoms with Crippen LogP contribution in [-0.2, 0) is 6.54 Å². The van der Waals surface area contributed by atoms with Gasteiger partial charge in [0, 0.05) is 43.8 Å². The van der Waals surface area contributed by atoms with Crippen LogP contribution in [0.4, 0.5) is 0 Å². The summed E-state index contributed by atoms with van der Waals surface area (Å²) in [7, 11) is 0. The lowest BCUT2D eigenvalue weighted by atomic mass is 10.0. The summed E-state index contributed by atoms with van der Waals surface area (Å²) in [5, 5.41) is 0. The Kier molecular flexibility index (Phi) is 4.45. The van der Waals surface area contributed by atoms with Crippen LogP contribution in [-0.4, -0.2) is 47.4 Å². The van der Waals surface area contributed by atoms with Crippen molar-refractivity contribution in [3.05, 3.63) is 35.4 Å². The number of hydrogen-bond donors (Lipinski definition) is 1. The fourth-order valence-electron chi connectivity index (χ4n) is 2.55. The molecule has 1 aliphatic rings. The van der Waals surface area contributed by atoms with Crippen molar-refractivity contribution in [1.29, 1.82) is 0 Å². The molecule has 1 aromatic rings. The lowest BCUT2D eigenvalue weighted by Gasteiger charge is -2.42. The number of carbonyl (C=O) groups excluding carboxylic acids is 1. The highest BCUT2D eigenvalue weighted by Crippen LogP contribution is 2.17. The van der Waals surface area contributed by atoms with E-state index in [0.717, 1.165) is 37.3 Å². The molecule has 1 heterocycles. The van der Waals surface area contributed by atoms with E-state index in [9.17, 15) is 4.79 Å². The van der Waals surface area contributed by atoms with Gasteiger partial charge in [-0.05, 0) is 38.5 Å². The van der Waals surface area contributed by atoms with Gasteiger partial charge in [0.1, 0.15) is 0 Å². The Labute approximate surface area is 121 Å². The van der Waals surface area contributed by atoms with E-state index in [1.165, 1.54) is 0 Å². The van der Waals surface area contributed by atoms with Crippen molar-refractivity contribution in [2.75, 3.05) is 26.2 Å². The van der Waals surface area contributed by atoms with Crippen LogP contribution in [0.15, 0.2) is 24.3 Å². The van der Waals surface area contributed by atoms with Crippen molar-refractivity contribution in [2.45, 2.75) is 32.9 Å². The van der Waals surface area contributed by atoms with Crippen LogP contribution in [0.2, 0.25) is 0 Å². The standard InChI is InChI=1S/C16H25N3O/c1-16(2,3)19-10-8-18(9-11-19)15(20)14-6-4-13(12-17)5-7-14/h4-7H,8-12,17H2,1-3H3. The van der Waals surface area contributed by atoms with Crippen LogP contribution < -0.4 is 5.73 Å². The maximum Gasteiger partial charge on any atom is 0.253 e. The van der Waals surface area contributed by atoms with Gasteiger partial charge in [0.15, 0.2) is 0 Å². The number of hydrogen-bond acceptors (Lipinski definition) is 3. The minimum absolute atomic E-state index is 0.127. The summed E-state index contributed by atoms with van der Waals surface area (Å²) in [5.74, 6) is 0.127. The van der Waals surface area contributed by atoms with Gasteiger partial charge >= 0.3 is 0 Å². The lowest BCUT2D eigenvalue weighted by molar-refractivity contribution is 0.0451. The highest BCUT2D eigenvalue weighted by molar-refractivity contribution is 5.94. The summed E-state index contributed by atoms with van der Waals surface area (Å²) >= 11 is 0. The topological polar surface area (TPSA) is 49.6 Å². The third kappa shape index (κ3) is 3.38. The Morgan fingerprint density at radius 1 is 1.10 bits per heavy atom. The quantitative estimate of drug-likeness (QED) is 0.894. The summed E-state index contributed by atoms with van der Waals surface area (Å²) < 4.78 is 0. The van der Waals surface area contributed by atoms with E-state index in [-0.39, 0.29) is 11.4 Å². The summed E-state index contributed by atoms with van der Waals surface area (Å²) in [6.07, 6.45) is 0. The van der Waals surface area contributed by atoms with Crippen LogP contribution >= 0.6 is 0 Å². The SMILES string of the molecule is CC(C)(C)N1CCN(C(=O)c2ccc(CN)cc2)CC1. The predicted octanol–water partition coefficient (Wildman–Crippen LogP) is 1.70. The minimum atomic E-state index is 0.127. The van der Waals surface area contributed by atoms with E-state index < -0.39 is 0 Å². The van der Waals surface area contributed by atoms with Gasteiger partial charge in [-0.1, -0.05) is 12.1 Å². The largest absolute Gasteiger partial charge is 0.336 e. The van der Waals surface area contributed by atoms with Crippen molar-refractivity contribution in [1.82, 2.24) is 9.80 Å². The van der Waals surface area contributed by atoms with Gasteiger partial charge < -0.3 is 10.6 Å². The molecule has 1 saturated heterocycles. The maximum atomic E-state index is 12.4. The molecule has 110 valence electrons. The zero-order valence-electron chi connectivity index (χ0n) is 12.7. The number of nitrogens with zero attached hydrogens (tertiary/aromatic N) is 2. The van der Waals surface area contributed by atoms with Crippen molar-refractivity contribution < 1.29 is 4.79 Å². The van der Waals surface area contributed by atoms with Crippen LogP contribution in [0.25, 0.3) is 0 Å². The zero-order valence-corrected chi connectivity index (χ0v) is 12.7. The van der Waals surface area contributed by atoms with Gasteiger partial charge in [0.2, 0.25) is 0 Å². The molecule has 4 nitrogen and oxygen atoms in total. The molecule has 1 amide bonds. The molecule has 2 N–H and O–H groups in total. The minimum Gasteiger partial charge on any atom is -0.336 e. The summed E-state index contributed by atoms with van der Waals surface area (Å²) in [4.78, 5) is 16.8. The number of benzene rings is 1. The Balaban J connectivity index is 1.97.